The number of ether oxygens (including phenoxy) is 1. The first-order valence-electron chi connectivity index (χ1n) is 7.46. The van der Waals surface area contributed by atoms with Gasteiger partial charge in [0.05, 0.1) is 13.5 Å². The maximum Gasteiger partial charge on any atom is 0.305 e. The van der Waals surface area contributed by atoms with Crippen molar-refractivity contribution in [1.29, 1.82) is 0 Å². The summed E-state index contributed by atoms with van der Waals surface area (Å²) in [5.74, 6) is -0.0391. The fourth-order valence-electron chi connectivity index (χ4n) is 2.82. The summed E-state index contributed by atoms with van der Waals surface area (Å²) < 4.78 is 5.42. The molecule has 1 unspecified atom stereocenters. The number of likely N-dealkylation sites (tertiary alicyclic amines) is 1. The van der Waals surface area contributed by atoms with Gasteiger partial charge in [-0.05, 0) is 43.6 Å². The highest BCUT2D eigenvalue weighted by Crippen LogP contribution is 2.26. The third-order valence-electron chi connectivity index (χ3n) is 3.97. The van der Waals surface area contributed by atoms with Crippen molar-refractivity contribution in [2.24, 2.45) is 5.73 Å². The van der Waals surface area contributed by atoms with Crippen molar-refractivity contribution in [3.63, 3.8) is 0 Å². The van der Waals surface area contributed by atoms with Crippen molar-refractivity contribution < 1.29 is 14.6 Å². The number of aliphatic carboxylic acids is 1. The van der Waals surface area contributed by atoms with Gasteiger partial charge in [-0.2, -0.15) is 0 Å². The predicted molar refractivity (Wildman–Crippen MR) is 81.3 cm³/mol. The van der Waals surface area contributed by atoms with Crippen LogP contribution in [0.5, 0.6) is 5.75 Å². The Kier molecular flexibility index (Phi) is 5.59. The first-order valence-corrected chi connectivity index (χ1v) is 7.46. The van der Waals surface area contributed by atoms with Crippen LogP contribution in [0.2, 0.25) is 0 Å². The molecule has 0 saturated carbocycles. The summed E-state index contributed by atoms with van der Waals surface area (Å²) in [6.07, 6.45) is 3.72. The molecule has 21 heavy (non-hydrogen) atoms. The molecule has 0 spiro atoms. The normalized spacial score (nSPS) is 17.4. The Bertz CT molecular complexity index is 484. The molecule has 0 aromatic heterocycles. The Balaban J connectivity index is 2.14. The summed E-state index contributed by atoms with van der Waals surface area (Å²) in [7, 11) is 1.66. The lowest BCUT2D eigenvalue weighted by Crippen LogP contribution is -2.29. The Morgan fingerprint density at radius 3 is 2.71 bits per heavy atom. The van der Waals surface area contributed by atoms with Gasteiger partial charge in [-0.15, -0.1) is 0 Å². The summed E-state index contributed by atoms with van der Waals surface area (Å²) in [5, 5.41) is 8.86. The SMILES string of the molecule is COc1ccc(C(N)CC(=O)O)cc1CN1CCCCC1. The summed E-state index contributed by atoms with van der Waals surface area (Å²) in [6.45, 7) is 3.04. The topological polar surface area (TPSA) is 75.8 Å². The Morgan fingerprint density at radius 2 is 2.10 bits per heavy atom. The zero-order valence-electron chi connectivity index (χ0n) is 12.5. The van der Waals surface area contributed by atoms with E-state index in [1.54, 1.807) is 7.11 Å². The molecule has 0 radical (unpaired) electrons. The molecule has 0 amide bonds. The smallest absolute Gasteiger partial charge is 0.305 e. The number of nitrogens with two attached hydrogens (primary N) is 1. The van der Waals surface area contributed by atoms with E-state index in [9.17, 15) is 4.79 Å². The van der Waals surface area contributed by atoms with Gasteiger partial charge in [0, 0.05) is 18.2 Å². The van der Waals surface area contributed by atoms with E-state index < -0.39 is 12.0 Å². The summed E-state index contributed by atoms with van der Waals surface area (Å²) in [6, 6.07) is 5.25. The number of carboxylic acids is 1. The van der Waals surface area contributed by atoms with Crippen molar-refractivity contribution in [3.8, 4) is 5.75 Å². The summed E-state index contributed by atoms with van der Waals surface area (Å²) in [5.41, 5.74) is 7.89. The average molecular weight is 292 g/mol. The van der Waals surface area contributed by atoms with E-state index in [0.29, 0.717) is 0 Å². The lowest BCUT2D eigenvalue weighted by Gasteiger charge is -2.27. The number of hydrogen-bond donors (Lipinski definition) is 2. The van der Waals surface area contributed by atoms with Gasteiger partial charge >= 0.3 is 5.97 Å². The van der Waals surface area contributed by atoms with Crippen LogP contribution in [0, 0.1) is 0 Å². The van der Waals surface area contributed by atoms with Gasteiger partial charge in [-0.25, -0.2) is 0 Å². The summed E-state index contributed by atoms with van der Waals surface area (Å²) >= 11 is 0. The second-order valence-electron chi connectivity index (χ2n) is 5.61. The number of rotatable bonds is 6. The highest BCUT2D eigenvalue weighted by Gasteiger charge is 2.16. The molecule has 1 heterocycles. The van der Waals surface area contributed by atoms with Gasteiger partial charge in [0.2, 0.25) is 0 Å². The number of methoxy groups -OCH3 is 1. The van der Waals surface area contributed by atoms with Crippen molar-refractivity contribution in [3.05, 3.63) is 29.3 Å². The van der Waals surface area contributed by atoms with Crippen LogP contribution >= 0.6 is 0 Å². The van der Waals surface area contributed by atoms with Crippen molar-refractivity contribution in [1.82, 2.24) is 4.90 Å². The van der Waals surface area contributed by atoms with Crippen molar-refractivity contribution in [2.75, 3.05) is 20.2 Å². The van der Waals surface area contributed by atoms with Crippen LogP contribution in [0.3, 0.4) is 0 Å². The molecule has 1 aromatic rings. The van der Waals surface area contributed by atoms with Gasteiger partial charge < -0.3 is 15.6 Å². The highest BCUT2D eigenvalue weighted by molar-refractivity contribution is 5.68. The van der Waals surface area contributed by atoms with E-state index in [0.717, 1.165) is 36.5 Å². The molecule has 1 fully saturated rings. The molecule has 116 valence electrons. The van der Waals surface area contributed by atoms with Crippen LogP contribution in [0.4, 0.5) is 0 Å². The molecule has 1 saturated heterocycles. The third-order valence-corrected chi connectivity index (χ3v) is 3.97. The summed E-state index contributed by atoms with van der Waals surface area (Å²) in [4.78, 5) is 13.2. The average Bonchev–Trinajstić information content (AvgIpc) is 2.47. The number of carboxylic acid groups (broad SMARTS) is 1. The zero-order valence-corrected chi connectivity index (χ0v) is 12.5. The lowest BCUT2D eigenvalue weighted by atomic mass is 10.0. The zero-order chi connectivity index (χ0) is 15.2. The second-order valence-corrected chi connectivity index (χ2v) is 5.61. The molecule has 0 aliphatic carbocycles. The van der Waals surface area contributed by atoms with Gasteiger partial charge in [0.1, 0.15) is 5.75 Å². The molecule has 2 rings (SSSR count). The van der Waals surface area contributed by atoms with Crippen LogP contribution in [-0.2, 0) is 11.3 Å². The molecule has 5 heteroatoms. The van der Waals surface area contributed by atoms with E-state index in [2.05, 4.69) is 4.90 Å². The van der Waals surface area contributed by atoms with Crippen LogP contribution in [0.1, 0.15) is 42.9 Å². The van der Waals surface area contributed by atoms with Crippen LogP contribution in [-0.4, -0.2) is 36.2 Å². The molecule has 0 bridgehead atoms. The number of piperidine rings is 1. The highest BCUT2D eigenvalue weighted by atomic mass is 16.5. The lowest BCUT2D eigenvalue weighted by molar-refractivity contribution is -0.137. The molecular weight excluding hydrogens is 268 g/mol. The minimum absolute atomic E-state index is 0.0600. The molecule has 3 N–H and O–H groups in total. The van der Waals surface area contributed by atoms with Gasteiger partial charge in [-0.3, -0.25) is 9.69 Å². The van der Waals surface area contributed by atoms with Gasteiger partial charge in [0.15, 0.2) is 0 Å². The minimum Gasteiger partial charge on any atom is -0.496 e. The second kappa shape index (κ2) is 7.43. The van der Waals surface area contributed by atoms with E-state index >= 15 is 0 Å². The van der Waals surface area contributed by atoms with Crippen LogP contribution in [0.15, 0.2) is 18.2 Å². The largest absolute Gasteiger partial charge is 0.496 e. The van der Waals surface area contributed by atoms with Crippen LogP contribution in [0.25, 0.3) is 0 Å². The predicted octanol–water partition coefficient (Wildman–Crippen LogP) is 2.16. The van der Waals surface area contributed by atoms with E-state index in [4.69, 9.17) is 15.6 Å². The Hall–Kier alpha value is -1.59. The first-order chi connectivity index (χ1) is 10.1. The monoisotopic (exact) mass is 292 g/mol. The molecule has 1 aromatic carbocycles. The number of carbonyl (C=O) groups is 1. The molecular formula is C16H24N2O3. The quantitative estimate of drug-likeness (QED) is 0.840. The fourth-order valence-corrected chi connectivity index (χ4v) is 2.82. The molecule has 1 aliphatic rings. The van der Waals surface area contributed by atoms with Gasteiger partial charge in [0.25, 0.3) is 0 Å². The van der Waals surface area contributed by atoms with Crippen molar-refractivity contribution >= 4 is 5.97 Å². The maximum absolute atomic E-state index is 10.8. The number of nitrogens with zero attached hydrogens (tertiary/aromatic N) is 1. The van der Waals surface area contributed by atoms with E-state index in [1.165, 1.54) is 19.3 Å². The molecule has 5 nitrogen and oxygen atoms in total. The first kappa shape index (κ1) is 15.8. The van der Waals surface area contributed by atoms with Gasteiger partial charge in [-0.1, -0.05) is 12.5 Å². The molecule has 1 aliphatic heterocycles. The number of hydrogen-bond acceptors (Lipinski definition) is 4. The maximum atomic E-state index is 10.8. The van der Waals surface area contributed by atoms with Crippen molar-refractivity contribution in [2.45, 2.75) is 38.3 Å². The van der Waals surface area contributed by atoms with E-state index in [1.807, 2.05) is 18.2 Å². The third kappa shape index (κ3) is 4.44. The fraction of sp³-hybridized carbons (Fsp3) is 0.562. The Morgan fingerprint density at radius 1 is 1.38 bits per heavy atom. The van der Waals surface area contributed by atoms with Crippen LogP contribution < -0.4 is 10.5 Å². The molecule has 1 atom stereocenters. The van der Waals surface area contributed by atoms with E-state index in [-0.39, 0.29) is 6.42 Å². The minimum atomic E-state index is -0.879. The number of benzene rings is 1. The Labute approximate surface area is 125 Å². The standard InChI is InChI=1S/C16H24N2O3/c1-21-15-6-5-12(14(17)10-16(19)20)9-13(15)11-18-7-3-2-4-8-18/h5-6,9,14H,2-4,7-8,10-11,17H2,1H3,(H,19,20).